The first-order chi connectivity index (χ1) is 7.77. The van der Waals surface area contributed by atoms with E-state index in [0.29, 0.717) is 29.2 Å². The molecule has 1 aromatic rings. The van der Waals surface area contributed by atoms with Crippen molar-refractivity contribution in [3.8, 4) is 5.75 Å². The second-order valence-corrected chi connectivity index (χ2v) is 3.87. The predicted molar refractivity (Wildman–Crippen MR) is 57.6 cm³/mol. The van der Waals surface area contributed by atoms with Crippen molar-refractivity contribution < 1.29 is 9.53 Å². The summed E-state index contributed by atoms with van der Waals surface area (Å²) < 4.78 is 5.55. The molecule has 0 amide bonds. The van der Waals surface area contributed by atoms with Crippen LogP contribution in [0.4, 0.5) is 0 Å². The Labute approximate surface area is 92.6 Å². The third-order valence-corrected chi connectivity index (χ3v) is 2.82. The quantitative estimate of drug-likeness (QED) is 0.665. The lowest BCUT2D eigenvalue weighted by atomic mass is 9.98. The molecule has 0 fully saturated rings. The van der Waals surface area contributed by atoms with E-state index in [1.807, 2.05) is 19.1 Å². The van der Waals surface area contributed by atoms with Gasteiger partial charge in [-0.05, 0) is 19.1 Å². The molecule has 0 saturated heterocycles. The van der Waals surface area contributed by atoms with Crippen molar-refractivity contribution in [3.63, 3.8) is 0 Å². The van der Waals surface area contributed by atoms with E-state index in [9.17, 15) is 4.79 Å². The number of hydrogen-bond donors (Lipinski definition) is 0. The minimum Gasteiger partial charge on any atom is -0.486 e. The Bertz CT molecular complexity index is 532. The Morgan fingerprint density at radius 2 is 2.19 bits per heavy atom. The van der Waals surface area contributed by atoms with Gasteiger partial charge in [-0.2, -0.15) is 10.2 Å². The first-order valence-corrected chi connectivity index (χ1v) is 5.18. The number of para-hydroxylation sites is 1. The van der Waals surface area contributed by atoms with Crippen molar-refractivity contribution in [3.05, 3.63) is 41.1 Å². The molecule has 0 radical (unpaired) electrons. The van der Waals surface area contributed by atoms with Crippen LogP contribution >= 0.6 is 0 Å². The number of nitrogens with zero attached hydrogens (tertiary/aromatic N) is 2. The fourth-order valence-electron chi connectivity index (χ4n) is 2.01. The summed E-state index contributed by atoms with van der Waals surface area (Å²) in [5.74, 6) is 0.616. The van der Waals surface area contributed by atoms with Crippen molar-refractivity contribution in [2.45, 2.75) is 13.0 Å². The van der Waals surface area contributed by atoms with Crippen LogP contribution in [0.5, 0.6) is 5.75 Å². The molecular formula is C12H10N2O2. The summed E-state index contributed by atoms with van der Waals surface area (Å²) in [5, 5.41) is 7.99. The molecule has 0 aromatic heterocycles. The van der Waals surface area contributed by atoms with Gasteiger partial charge in [0, 0.05) is 0 Å². The molecule has 2 aliphatic rings. The van der Waals surface area contributed by atoms with Crippen LogP contribution in [0.25, 0.3) is 0 Å². The zero-order valence-corrected chi connectivity index (χ0v) is 8.80. The lowest BCUT2D eigenvalue weighted by Crippen LogP contribution is -2.12. The third-order valence-electron chi connectivity index (χ3n) is 2.82. The van der Waals surface area contributed by atoms with Crippen LogP contribution in [0.3, 0.4) is 0 Å². The van der Waals surface area contributed by atoms with Crippen molar-refractivity contribution in [1.29, 1.82) is 0 Å². The SMILES string of the molecule is CC1N=NC2=C1C(=O)c1ccccc1OC2. The van der Waals surface area contributed by atoms with Gasteiger partial charge in [0.05, 0.1) is 17.2 Å². The molecule has 0 spiro atoms. The van der Waals surface area contributed by atoms with Crippen LogP contribution in [0.2, 0.25) is 0 Å². The van der Waals surface area contributed by atoms with E-state index in [2.05, 4.69) is 10.2 Å². The van der Waals surface area contributed by atoms with Gasteiger partial charge in [-0.15, -0.1) is 0 Å². The number of hydrogen-bond acceptors (Lipinski definition) is 4. The number of benzene rings is 1. The summed E-state index contributed by atoms with van der Waals surface area (Å²) in [6.45, 7) is 2.20. The summed E-state index contributed by atoms with van der Waals surface area (Å²) in [6, 6.07) is 7.11. The number of fused-ring (bicyclic) bond motifs is 1. The minimum absolute atomic E-state index is 0.0133. The average molecular weight is 214 g/mol. The number of carbonyl (C=O) groups is 1. The molecule has 1 atom stereocenters. The van der Waals surface area contributed by atoms with Gasteiger partial charge >= 0.3 is 0 Å². The zero-order chi connectivity index (χ0) is 11.1. The monoisotopic (exact) mass is 214 g/mol. The molecule has 3 rings (SSSR count). The van der Waals surface area contributed by atoms with E-state index in [-0.39, 0.29) is 11.8 Å². The lowest BCUT2D eigenvalue weighted by molar-refractivity contribution is 0.102. The Balaban J connectivity index is 2.15. The number of azo groups is 1. The molecule has 0 bridgehead atoms. The highest BCUT2D eigenvalue weighted by Crippen LogP contribution is 2.32. The van der Waals surface area contributed by atoms with Crippen LogP contribution in [0.15, 0.2) is 45.8 Å². The number of carbonyl (C=O) groups excluding carboxylic acids is 1. The van der Waals surface area contributed by atoms with E-state index < -0.39 is 0 Å². The highest BCUT2D eigenvalue weighted by molar-refractivity contribution is 6.12. The van der Waals surface area contributed by atoms with Gasteiger partial charge in [0.25, 0.3) is 0 Å². The molecule has 0 saturated carbocycles. The first kappa shape index (κ1) is 9.27. The Morgan fingerprint density at radius 1 is 1.38 bits per heavy atom. The molecule has 1 aromatic carbocycles. The average Bonchev–Trinajstić information content (AvgIpc) is 2.60. The summed E-state index contributed by atoms with van der Waals surface area (Å²) in [6.07, 6.45) is 0. The topological polar surface area (TPSA) is 51.0 Å². The van der Waals surface area contributed by atoms with E-state index >= 15 is 0 Å². The van der Waals surface area contributed by atoms with Crippen molar-refractivity contribution in [1.82, 2.24) is 0 Å². The summed E-state index contributed by atoms with van der Waals surface area (Å²) >= 11 is 0. The molecule has 1 unspecified atom stereocenters. The fraction of sp³-hybridized carbons (Fsp3) is 0.250. The van der Waals surface area contributed by atoms with Gasteiger partial charge in [0.15, 0.2) is 5.78 Å². The standard InChI is InChI=1S/C12H10N2O2/c1-7-11-9(14-13-7)6-16-10-5-3-2-4-8(10)12(11)15/h2-5,7H,6H2,1H3. The van der Waals surface area contributed by atoms with Gasteiger partial charge < -0.3 is 4.74 Å². The fourth-order valence-corrected chi connectivity index (χ4v) is 2.01. The van der Waals surface area contributed by atoms with Crippen molar-refractivity contribution in [2.24, 2.45) is 10.2 Å². The maximum atomic E-state index is 12.3. The van der Waals surface area contributed by atoms with Crippen molar-refractivity contribution in [2.75, 3.05) is 6.61 Å². The van der Waals surface area contributed by atoms with Crippen LogP contribution in [0.1, 0.15) is 17.3 Å². The van der Waals surface area contributed by atoms with Gasteiger partial charge in [0.1, 0.15) is 18.1 Å². The third kappa shape index (κ3) is 1.19. The van der Waals surface area contributed by atoms with Crippen LogP contribution < -0.4 is 4.74 Å². The molecule has 2 aliphatic heterocycles. The van der Waals surface area contributed by atoms with E-state index in [0.717, 1.165) is 0 Å². The Hall–Kier alpha value is -1.97. The smallest absolute Gasteiger partial charge is 0.196 e. The van der Waals surface area contributed by atoms with E-state index in [1.54, 1.807) is 12.1 Å². The van der Waals surface area contributed by atoms with E-state index in [4.69, 9.17) is 4.74 Å². The number of ether oxygens (including phenoxy) is 1. The molecule has 16 heavy (non-hydrogen) atoms. The lowest BCUT2D eigenvalue weighted by Gasteiger charge is -2.06. The first-order valence-electron chi connectivity index (χ1n) is 5.18. The van der Waals surface area contributed by atoms with Gasteiger partial charge in [-0.3, -0.25) is 4.79 Å². The van der Waals surface area contributed by atoms with Crippen LogP contribution in [-0.4, -0.2) is 18.4 Å². The Morgan fingerprint density at radius 3 is 3.06 bits per heavy atom. The number of Topliss-reactive ketones (excluding diaryl/α,β-unsaturated/α-hetero) is 1. The van der Waals surface area contributed by atoms with Gasteiger partial charge in [-0.25, -0.2) is 0 Å². The molecule has 0 N–H and O–H groups in total. The summed E-state index contributed by atoms with van der Waals surface area (Å²) in [5.41, 5.74) is 1.94. The van der Waals surface area contributed by atoms with Crippen molar-refractivity contribution >= 4 is 5.78 Å². The number of rotatable bonds is 0. The second-order valence-electron chi connectivity index (χ2n) is 3.87. The second kappa shape index (κ2) is 3.27. The molecule has 0 aliphatic carbocycles. The number of ketones is 1. The normalized spacial score (nSPS) is 22.6. The molecule has 2 heterocycles. The minimum atomic E-state index is -0.155. The largest absolute Gasteiger partial charge is 0.486 e. The maximum Gasteiger partial charge on any atom is 0.196 e. The molecule has 4 nitrogen and oxygen atoms in total. The highest BCUT2D eigenvalue weighted by Gasteiger charge is 2.31. The maximum absolute atomic E-state index is 12.3. The molecule has 80 valence electrons. The molecular weight excluding hydrogens is 204 g/mol. The summed E-state index contributed by atoms with van der Waals surface area (Å²) in [4.78, 5) is 12.3. The van der Waals surface area contributed by atoms with Gasteiger partial charge in [0.2, 0.25) is 0 Å². The summed E-state index contributed by atoms with van der Waals surface area (Å²) in [7, 11) is 0. The van der Waals surface area contributed by atoms with Crippen LogP contribution in [-0.2, 0) is 0 Å². The van der Waals surface area contributed by atoms with Gasteiger partial charge in [-0.1, -0.05) is 12.1 Å². The van der Waals surface area contributed by atoms with E-state index in [1.165, 1.54) is 0 Å². The zero-order valence-electron chi connectivity index (χ0n) is 8.80. The van der Waals surface area contributed by atoms with Crippen LogP contribution in [0, 0.1) is 0 Å². The highest BCUT2D eigenvalue weighted by atomic mass is 16.5. The Kier molecular flexibility index (Phi) is 1.89. The molecule has 4 heteroatoms. The predicted octanol–water partition coefficient (Wildman–Crippen LogP) is 2.37.